The lowest BCUT2D eigenvalue weighted by Crippen LogP contribution is -2.50. The third-order valence-corrected chi connectivity index (χ3v) is 5.63. The van der Waals surface area contributed by atoms with Gasteiger partial charge in [-0.3, -0.25) is 9.69 Å². The van der Waals surface area contributed by atoms with Gasteiger partial charge < -0.3 is 9.80 Å². The van der Waals surface area contributed by atoms with Crippen LogP contribution in [0.3, 0.4) is 0 Å². The molecule has 0 spiro atoms. The zero-order chi connectivity index (χ0) is 19.5. The van der Waals surface area contributed by atoms with Gasteiger partial charge in [-0.1, -0.05) is 0 Å². The van der Waals surface area contributed by atoms with Gasteiger partial charge in [0.2, 0.25) is 5.91 Å². The number of amides is 1. The second-order valence-electron chi connectivity index (χ2n) is 7.78. The van der Waals surface area contributed by atoms with Crippen LogP contribution >= 0.6 is 0 Å². The molecule has 0 N–H and O–H groups in total. The molecular formula is C20H29N7O. The normalized spacial score (nSPS) is 18.5. The Bertz CT molecular complexity index is 820. The Balaban J connectivity index is 1.35. The SMILES string of the molecule is Cc1cc(C)n(-c2cc(N3CCN(CC(=O)N4CCCCC4)CC3)ncn2)n1. The Morgan fingerprint density at radius 3 is 2.32 bits per heavy atom. The van der Waals surface area contributed by atoms with E-state index in [1.165, 1.54) is 6.42 Å². The Morgan fingerprint density at radius 1 is 0.929 bits per heavy atom. The Labute approximate surface area is 166 Å². The van der Waals surface area contributed by atoms with Crippen LogP contribution in [0.2, 0.25) is 0 Å². The highest BCUT2D eigenvalue weighted by Crippen LogP contribution is 2.17. The summed E-state index contributed by atoms with van der Waals surface area (Å²) in [6.45, 7) is 9.87. The minimum atomic E-state index is 0.280. The first-order valence-corrected chi connectivity index (χ1v) is 10.2. The van der Waals surface area contributed by atoms with Crippen molar-refractivity contribution in [1.29, 1.82) is 0 Å². The number of carbonyl (C=O) groups is 1. The van der Waals surface area contributed by atoms with Crippen molar-refractivity contribution in [3.63, 3.8) is 0 Å². The summed E-state index contributed by atoms with van der Waals surface area (Å²) in [7, 11) is 0. The summed E-state index contributed by atoms with van der Waals surface area (Å²) in [5, 5.41) is 4.51. The van der Waals surface area contributed by atoms with Crippen molar-refractivity contribution < 1.29 is 4.79 Å². The molecule has 2 aromatic heterocycles. The maximum Gasteiger partial charge on any atom is 0.236 e. The third kappa shape index (κ3) is 4.16. The number of anilines is 1. The monoisotopic (exact) mass is 383 g/mol. The standard InChI is InChI=1S/C20H29N7O/c1-16-12-17(2)27(23-16)19-13-18(21-15-22-19)25-10-8-24(9-11-25)14-20(28)26-6-4-3-5-7-26/h12-13,15H,3-11,14H2,1-2H3. The molecule has 8 nitrogen and oxygen atoms in total. The molecule has 2 fully saturated rings. The van der Waals surface area contributed by atoms with Gasteiger partial charge in [-0.25, -0.2) is 14.6 Å². The highest BCUT2D eigenvalue weighted by atomic mass is 16.2. The highest BCUT2D eigenvalue weighted by molar-refractivity contribution is 5.78. The summed E-state index contributed by atoms with van der Waals surface area (Å²) in [4.78, 5) is 27.9. The molecule has 2 aliphatic heterocycles. The molecule has 2 aromatic rings. The van der Waals surface area contributed by atoms with Crippen molar-refractivity contribution in [1.82, 2.24) is 29.5 Å². The number of nitrogens with zero attached hydrogens (tertiary/aromatic N) is 7. The minimum Gasteiger partial charge on any atom is -0.354 e. The summed E-state index contributed by atoms with van der Waals surface area (Å²) in [6.07, 6.45) is 5.14. The maximum absolute atomic E-state index is 12.5. The lowest BCUT2D eigenvalue weighted by Gasteiger charge is -2.36. The largest absolute Gasteiger partial charge is 0.354 e. The molecule has 0 aliphatic carbocycles. The molecule has 0 unspecified atom stereocenters. The van der Waals surface area contributed by atoms with Crippen LogP contribution in [0.4, 0.5) is 5.82 Å². The van der Waals surface area contributed by atoms with Crippen LogP contribution in [0.5, 0.6) is 0 Å². The van der Waals surface area contributed by atoms with Crippen molar-refractivity contribution >= 4 is 11.7 Å². The van der Waals surface area contributed by atoms with Crippen LogP contribution in [-0.4, -0.2) is 81.3 Å². The van der Waals surface area contributed by atoms with E-state index in [1.807, 2.05) is 35.6 Å². The van der Waals surface area contributed by atoms with Gasteiger partial charge in [-0.05, 0) is 39.2 Å². The molecule has 0 aromatic carbocycles. The molecule has 0 atom stereocenters. The van der Waals surface area contributed by atoms with E-state index in [9.17, 15) is 4.79 Å². The smallest absolute Gasteiger partial charge is 0.236 e. The fourth-order valence-corrected chi connectivity index (χ4v) is 4.06. The Hall–Kier alpha value is -2.48. The number of piperidine rings is 1. The van der Waals surface area contributed by atoms with Crippen molar-refractivity contribution in [2.75, 3.05) is 50.7 Å². The quantitative estimate of drug-likeness (QED) is 0.795. The van der Waals surface area contributed by atoms with Gasteiger partial charge in [-0.2, -0.15) is 5.10 Å². The molecule has 0 bridgehead atoms. The topological polar surface area (TPSA) is 70.4 Å². The van der Waals surface area contributed by atoms with E-state index in [1.54, 1.807) is 6.33 Å². The predicted molar refractivity (Wildman–Crippen MR) is 108 cm³/mol. The molecule has 150 valence electrons. The molecular weight excluding hydrogens is 354 g/mol. The van der Waals surface area contributed by atoms with Crippen LogP contribution in [0.25, 0.3) is 5.82 Å². The molecule has 1 amide bonds. The second-order valence-corrected chi connectivity index (χ2v) is 7.78. The predicted octanol–water partition coefficient (Wildman–Crippen LogP) is 1.41. The zero-order valence-corrected chi connectivity index (χ0v) is 16.8. The van der Waals surface area contributed by atoms with Gasteiger partial charge in [-0.15, -0.1) is 0 Å². The lowest BCUT2D eigenvalue weighted by atomic mass is 10.1. The van der Waals surface area contributed by atoms with Gasteiger partial charge in [0, 0.05) is 51.0 Å². The third-order valence-electron chi connectivity index (χ3n) is 5.63. The number of aryl methyl sites for hydroxylation is 2. The molecule has 0 saturated carbocycles. The number of hydrogen-bond donors (Lipinski definition) is 0. The van der Waals surface area contributed by atoms with Gasteiger partial charge in [0.25, 0.3) is 0 Å². The zero-order valence-electron chi connectivity index (χ0n) is 16.8. The van der Waals surface area contributed by atoms with E-state index < -0.39 is 0 Å². The molecule has 0 radical (unpaired) electrons. The van der Waals surface area contributed by atoms with Crippen LogP contribution in [-0.2, 0) is 4.79 Å². The fourth-order valence-electron chi connectivity index (χ4n) is 4.06. The number of likely N-dealkylation sites (tertiary alicyclic amines) is 1. The maximum atomic E-state index is 12.5. The Morgan fingerprint density at radius 2 is 1.64 bits per heavy atom. The number of hydrogen-bond acceptors (Lipinski definition) is 6. The van der Waals surface area contributed by atoms with Gasteiger partial charge in [0.05, 0.1) is 12.2 Å². The highest BCUT2D eigenvalue weighted by Gasteiger charge is 2.23. The first-order chi connectivity index (χ1) is 13.6. The molecule has 4 heterocycles. The van der Waals surface area contributed by atoms with E-state index in [4.69, 9.17) is 0 Å². The summed E-state index contributed by atoms with van der Waals surface area (Å²) >= 11 is 0. The first kappa shape index (κ1) is 18.9. The Kier molecular flexibility index (Phi) is 5.57. The van der Waals surface area contributed by atoms with Crippen LogP contribution in [0.15, 0.2) is 18.5 Å². The van der Waals surface area contributed by atoms with E-state index in [-0.39, 0.29) is 5.91 Å². The average Bonchev–Trinajstić information content (AvgIpc) is 3.07. The number of carbonyl (C=O) groups excluding carboxylic acids is 1. The summed E-state index contributed by atoms with van der Waals surface area (Å²) in [6, 6.07) is 4.04. The lowest BCUT2D eigenvalue weighted by molar-refractivity contribution is -0.133. The molecule has 8 heteroatoms. The van der Waals surface area contributed by atoms with Crippen molar-refractivity contribution in [2.24, 2.45) is 0 Å². The van der Waals surface area contributed by atoms with Crippen molar-refractivity contribution in [2.45, 2.75) is 33.1 Å². The second kappa shape index (κ2) is 8.26. The van der Waals surface area contributed by atoms with E-state index in [2.05, 4.69) is 24.9 Å². The van der Waals surface area contributed by atoms with Crippen LogP contribution in [0.1, 0.15) is 30.7 Å². The van der Waals surface area contributed by atoms with E-state index in [0.717, 1.165) is 75.1 Å². The fraction of sp³-hybridized carbons (Fsp3) is 0.600. The average molecular weight is 384 g/mol. The van der Waals surface area contributed by atoms with E-state index >= 15 is 0 Å². The molecule has 4 rings (SSSR count). The minimum absolute atomic E-state index is 0.280. The molecule has 2 aliphatic rings. The summed E-state index contributed by atoms with van der Waals surface area (Å²) in [5.41, 5.74) is 2.04. The van der Waals surface area contributed by atoms with Crippen LogP contribution in [0, 0.1) is 13.8 Å². The molecule has 28 heavy (non-hydrogen) atoms. The van der Waals surface area contributed by atoms with Crippen LogP contribution < -0.4 is 4.90 Å². The van der Waals surface area contributed by atoms with Gasteiger partial charge in [0.1, 0.15) is 12.1 Å². The molecule has 2 saturated heterocycles. The number of aromatic nitrogens is 4. The number of piperazine rings is 1. The number of rotatable bonds is 4. The van der Waals surface area contributed by atoms with Crippen molar-refractivity contribution in [3.05, 3.63) is 29.8 Å². The van der Waals surface area contributed by atoms with Gasteiger partial charge >= 0.3 is 0 Å². The first-order valence-electron chi connectivity index (χ1n) is 10.2. The summed E-state index contributed by atoms with van der Waals surface area (Å²) < 4.78 is 1.86. The van der Waals surface area contributed by atoms with E-state index in [0.29, 0.717) is 6.54 Å². The summed E-state index contributed by atoms with van der Waals surface area (Å²) in [5.74, 6) is 1.99. The van der Waals surface area contributed by atoms with Gasteiger partial charge in [0.15, 0.2) is 5.82 Å². The van der Waals surface area contributed by atoms with Crippen molar-refractivity contribution in [3.8, 4) is 5.82 Å².